The monoisotopic (exact) mass is 604 g/mol. The zero-order valence-electron chi connectivity index (χ0n) is 25.4. The minimum absolute atomic E-state index is 0.600. The van der Waals surface area contributed by atoms with Crippen molar-refractivity contribution in [3.05, 3.63) is 170 Å². The van der Waals surface area contributed by atoms with Crippen molar-refractivity contribution in [3.8, 4) is 33.7 Å². The van der Waals surface area contributed by atoms with Crippen molar-refractivity contribution in [2.24, 2.45) is 0 Å². The minimum Gasteiger partial charge on any atom is -0.456 e. The summed E-state index contributed by atoms with van der Waals surface area (Å²) >= 11 is 0. The van der Waals surface area contributed by atoms with Crippen molar-refractivity contribution < 1.29 is 8.83 Å². The van der Waals surface area contributed by atoms with Gasteiger partial charge in [-0.05, 0) is 82.9 Å². The molecule has 0 aliphatic rings. The van der Waals surface area contributed by atoms with Crippen molar-refractivity contribution in [3.63, 3.8) is 0 Å². The molecule has 4 heteroatoms. The third-order valence-corrected chi connectivity index (χ3v) is 8.72. The van der Waals surface area contributed by atoms with Gasteiger partial charge in [0.15, 0.2) is 5.58 Å². The van der Waals surface area contributed by atoms with E-state index in [-0.39, 0.29) is 0 Å². The van der Waals surface area contributed by atoms with Gasteiger partial charge in [0.25, 0.3) is 0 Å². The summed E-state index contributed by atoms with van der Waals surface area (Å²) in [5.74, 6) is 0.600. The molecular weight excluding hydrogens is 576 g/mol. The lowest BCUT2D eigenvalue weighted by Crippen LogP contribution is -2.09. The molecule has 0 unspecified atom stereocenters. The number of nitrogens with zero attached hydrogens (tertiary/aromatic N) is 2. The second-order valence-electron chi connectivity index (χ2n) is 11.6. The summed E-state index contributed by atoms with van der Waals surface area (Å²) in [6, 6.07) is 58.7. The van der Waals surface area contributed by atoms with Crippen LogP contribution >= 0.6 is 0 Å². The molecule has 0 aliphatic heterocycles. The van der Waals surface area contributed by atoms with Gasteiger partial charge in [0.2, 0.25) is 5.89 Å². The van der Waals surface area contributed by atoms with Crippen LogP contribution in [-0.2, 0) is 0 Å². The van der Waals surface area contributed by atoms with E-state index in [0.717, 1.165) is 55.7 Å². The summed E-state index contributed by atoms with van der Waals surface area (Å²) in [7, 11) is 0. The lowest BCUT2D eigenvalue weighted by atomic mass is 10.0. The number of anilines is 3. The molecule has 0 N–H and O–H groups in total. The summed E-state index contributed by atoms with van der Waals surface area (Å²) in [5, 5.41) is 1.96. The molecule has 222 valence electrons. The molecule has 0 saturated heterocycles. The first-order valence-corrected chi connectivity index (χ1v) is 15.7. The number of furan rings is 1. The second kappa shape index (κ2) is 11.2. The molecule has 7 aromatic carbocycles. The van der Waals surface area contributed by atoms with E-state index >= 15 is 0 Å². The Bertz CT molecular complexity index is 2400. The molecule has 0 fully saturated rings. The normalized spacial score (nSPS) is 11.4. The van der Waals surface area contributed by atoms with Crippen LogP contribution in [0.25, 0.3) is 66.7 Å². The molecule has 0 spiro atoms. The van der Waals surface area contributed by atoms with E-state index in [1.807, 2.05) is 54.6 Å². The minimum atomic E-state index is 0.600. The second-order valence-corrected chi connectivity index (χ2v) is 11.6. The lowest BCUT2D eigenvalue weighted by molar-refractivity contribution is 0.619. The van der Waals surface area contributed by atoms with Gasteiger partial charge in [0.05, 0.1) is 5.39 Å². The average molecular weight is 605 g/mol. The van der Waals surface area contributed by atoms with E-state index in [0.29, 0.717) is 5.89 Å². The standard InChI is InChI=1S/C43H28N2O2/c1-4-10-29(11-5-1)31-16-20-34(21-17-31)45(35-22-18-32(19-23-35)30-12-6-2-7-13-30)36-24-25-37-40(28-36)46-38-26-27-39-42(41(37)38)44-43(47-39)33-14-8-3-9-15-33/h1-28H. The van der Waals surface area contributed by atoms with Crippen LogP contribution in [0.3, 0.4) is 0 Å². The summed E-state index contributed by atoms with van der Waals surface area (Å²) < 4.78 is 12.7. The van der Waals surface area contributed by atoms with Gasteiger partial charge in [-0.3, -0.25) is 0 Å². The summed E-state index contributed by atoms with van der Waals surface area (Å²) in [5.41, 5.74) is 11.9. The highest BCUT2D eigenvalue weighted by atomic mass is 16.4. The quantitative estimate of drug-likeness (QED) is 0.189. The Morgan fingerprint density at radius 2 is 0.872 bits per heavy atom. The maximum absolute atomic E-state index is 6.48. The van der Waals surface area contributed by atoms with E-state index < -0.39 is 0 Å². The van der Waals surface area contributed by atoms with Gasteiger partial charge in [-0.1, -0.05) is 103 Å². The number of fused-ring (bicyclic) bond motifs is 5. The number of aromatic nitrogens is 1. The van der Waals surface area contributed by atoms with Crippen LogP contribution in [0.2, 0.25) is 0 Å². The Morgan fingerprint density at radius 1 is 0.383 bits per heavy atom. The number of benzene rings is 7. The molecule has 9 aromatic rings. The average Bonchev–Trinajstić information content (AvgIpc) is 3.75. The van der Waals surface area contributed by atoms with Crippen LogP contribution in [0.5, 0.6) is 0 Å². The zero-order valence-corrected chi connectivity index (χ0v) is 25.4. The van der Waals surface area contributed by atoms with Gasteiger partial charge in [-0.2, -0.15) is 0 Å². The van der Waals surface area contributed by atoms with E-state index in [1.54, 1.807) is 0 Å². The third-order valence-electron chi connectivity index (χ3n) is 8.72. The van der Waals surface area contributed by atoms with Gasteiger partial charge >= 0.3 is 0 Å². The zero-order chi connectivity index (χ0) is 31.2. The first-order chi connectivity index (χ1) is 23.3. The van der Waals surface area contributed by atoms with Crippen LogP contribution in [0, 0.1) is 0 Å². The van der Waals surface area contributed by atoms with Crippen LogP contribution < -0.4 is 4.90 Å². The van der Waals surface area contributed by atoms with Gasteiger partial charge in [0, 0.05) is 34.1 Å². The first kappa shape index (κ1) is 27.0. The molecule has 2 aromatic heterocycles. The van der Waals surface area contributed by atoms with E-state index in [4.69, 9.17) is 13.8 Å². The summed E-state index contributed by atoms with van der Waals surface area (Å²) in [6.07, 6.45) is 0. The van der Waals surface area contributed by atoms with Crippen LogP contribution in [0.4, 0.5) is 17.1 Å². The predicted molar refractivity (Wildman–Crippen MR) is 192 cm³/mol. The van der Waals surface area contributed by atoms with Crippen LogP contribution in [0.1, 0.15) is 0 Å². The highest BCUT2D eigenvalue weighted by Crippen LogP contribution is 2.41. The molecule has 4 nitrogen and oxygen atoms in total. The molecule has 0 radical (unpaired) electrons. The Kier molecular flexibility index (Phi) is 6.43. The predicted octanol–water partition coefficient (Wildman–Crippen LogP) is 12.2. The van der Waals surface area contributed by atoms with Gasteiger partial charge in [-0.15, -0.1) is 0 Å². The van der Waals surface area contributed by atoms with Crippen molar-refractivity contribution in [2.45, 2.75) is 0 Å². The molecule has 47 heavy (non-hydrogen) atoms. The van der Waals surface area contributed by atoms with Crippen molar-refractivity contribution in [1.29, 1.82) is 0 Å². The number of hydrogen-bond acceptors (Lipinski definition) is 4. The topological polar surface area (TPSA) is 42.4 Å². The molecule has 2 heterocycles. The molecule has 0 aliphatic carbocycles. The third kappa shape index (κ3) is 4.84. The van der Waals surface area contributed by atoms with E-state index in [9.17, 15) is 0 Å². The Balaban J connectivity index is 1.16. The number of oxazole rings is 1. The molecule has 0 amide bonds. The van der Waals surface area contributed by atoms with Crippen LogP contribution in [-0.4, -0.2) is 4.98 Å². The van der Waals surface area contributed by atoms with Crippen molar-refractivity contribution in [2.75, 3.05) is 4.90 Å². The molecule has 0 atom stereocenters. The highest BCUT2D eigenvalue weighted by molar-refractivity contribution is 6.17. The van der Waals surface area contributed by atoms with Gasteiger partial charge in [0.1, 0.15) is 16.7 Å². The Labute approximate surface area is 271 Å². The van der Waals surface area contributed by atoms with Gasteiger partial charge in [-0.25, -0.2) is 4.98 Å². The molecular formula is C43H28N2O2. The largest absolute Gasteiger partial charge is 0.456 e. The maximum Gasteiger partial charge on any atom is 0.227 e. The lowest BCUT2D eigenvalue weighted by Gasteiger charge is -2.26. The Hall–Kier alpha value is -6.39. The van der Waals surface area contributed by atoms with Crippen molar-refractivity contribution >= 4 is 50.1 Å². The number of hydrogen-bond donors (Lipinski definition) is 0. The number of rotatable bonds is 6. The fourth-order valence-corrected chi connectivity index (χ4v) is 6.40. The molecule has 0 bridgehead atoms. The first-order valence-electron chi connectivity index (χ1n) is 15.7. The van der Waals surface area contributed by atoms with E-state index in [1.165, 1.54) is 22.3 Å². The maximum atomic E-state index is 6.48. The van der Waals surface area contributed by atoms with E-state index in [2.05, 4.69) is 120 Å². The summed E-state index contributed by atoms with van der Waals surface area (Å²) in [6.45, 7) is 0. The fraction of sp³-hybridized carbons (Fsp3) is 0. The van der Waals surface area contributed by atoms with Gasteiger partial charge < -0.3 is 13.7 Å². The highest BCUT2D eigenvalue weighted by Gasteiger charge is 2.19. The molecule has 0 saturated carbocycles. The summed E-state index contributed by atoms with van der Waals surface area (Å²) in [4.78, 5) is 7.19. The smallest absolute Gasteiger partial charge is 0.227 e. The molecule has 9 rings (SSSR count). The van der Waals surface area contributed by atoms with Crippen LogP contribution in [0.15, 0.2) is 179 Å². The SMILES string of the molecule is c1ccc(-c2ccc(N(c3ccc(-c4ccccc4)cc3)c3ccc4c(c3)oc3ccc5oc(-c6ccccc6)nc5c34)cc2)cc1. The Morgan fingerprint density at radius 3 is 1.45 bits per heavy atom. The van der Waals surface area contributed by atoms with Crippen molar-refractivity contribution in [1.82, 2.24) is 4.98 Å². The fourth-order valence-electron chi connectivity index (χ4n) is 6.40.